The van der Waals surface area contributed by atoms with Crippen LogP contribution in [0.5, 0.6) is 11.5 Å². The first kappa shape index (κ1) is 27.9. The van der Waals surface area contributed by atoms with Gasteiger partial charge in [-0.2, -0.15) is 0 Å². The van der Waals surface area contributed by atoms with Crippen LogP contribution in [0.1, 0.15) is 48.1 Å². The number of hydrogen-bond acceptors (Lipinski definition) is 7. The van der Waals surface area contributed by atoms with Crippen molar-refractivity contribution >= 4 is 33.2 Å². The number of benzene rings is 3. The number of ether oxygens (including phenoxy) is 2. The van der Waals surface area contributed by atoms with E-state index in [0.29, 0.717) is 28.2 Å². The number of aliphatic hydroxyl groups excluding tert-OH is 1. The molecule has 1 saturated heterocycles. The van der Waals surface area contributed by atoms with Crippen LogP contribution in [0.2, 0.25) is 0 Å². The number of carbonyl (C=O) groups is 2. The summed E-state index contributed by atoms with van der Waals surface area (Å²) in [5.41, 5.74) is 2.61. The lowest BCUT2D eigenvalue weighted by Crippen LogP contribution is -2.29. The lowest BCUT2D eigenvalue weighted by molar-refractivity contribution is -0.132. The minimum Gasteiger partial charge on any atom is -0.507 e. The van der Waals surface area contributed by atoms with Gasteiger partial charge < -0.3 is 14.6 Å². The van der Waals surface area contributed by atoms with Gasteiger partial charge in [0.2, 0.25) is 10.0 Å². The number of ketones is 1. The molecule has 0 radical (unpaired) electrons. The van der Waals surface area contributed by atoms with Crippen molar-refractivity contribution in [2.75, 3.05) is 19.1 Å². The number of amides is 1. The highest BCUT2D eigenvalue weighted by atomic mass is 32.2. The maximum absolute atomic E-state index is 13.5. The molecule has 4 rings (SSSR count). The maximum Gasteiger partial charge on any atom is 0.300 e. The number of sulfonamides is 1. The van der Waals surface area contributed by atoms with E-state index in [1.54, 1.807) is 50.4 Å². The number of anilines is 1. The van der Waals surface area contributed by atoms with Crippen LogP contribution in [-0.4, -0.2) is 39.4 Å². The molecule has 1 aliphatic rings. The minimum absolute atomic E-state index is 0.0595. The predicted molar refractivity (Wildman–Crippen MR) is 147 cm³/mol. The lowest BCUT2D eigenvalue weighted by Gasteiger charge is -2.26. The molecule has 1 aliphatic heterocycles. The molecule has 0 aromatic heterocycles. The SMILES string of the molecule is COc1ccc(C2/C(=C(\O)c3cc(C(C)C)c(OC)cc3C)C(=O)C(=O)N2c2ccc(S(N)(=O)=O)cc2)cc1. The van der Waals surface area contributed by atoms with Gasteiger partial charge in [0.05, 0.1) is 30.7 Å². The van der Waals surface area contributed by atoms with Crippen LogP contribution < -0.4 is 19.5 Å². The molecule has 204 valence electrons. The Balaban J connectivity index is 1.96. The molecule has 1 amide bonds. The van der Waals surface area contributed by atoms with Gasteiger partial charge >= 0.3 is 0 Å². The van der Waals surface area contributed by atoms with Crippen LogP contribution in [0.4, 0.5) is 5.69 Å². The summed E-state index contributed by atoms with van der Waals surface area (Å²) in [6.07, 6.45) is 0. The first-order chi connectivity index (χ1) is 18.4. The third kappa shape index (κ3) is 5.13. The van der Waals surface area contributed by atoms with Crippen molar-refractivity contribution in [1.29, 1.82) is 0 Å². The zero-order valence-electron chi connectivity index (χ0n) is 22.3. The van der Waals surface area contributed by atoms with Crippen LogP contribution in [0.3, 0.4) is 0 Å². The Morgan fingerprint density at radius 2 is 1.59 bits per heavy atom. The van der Waals surface area contributed by atoms with E-state index in [1.165, 1.54) is 36.3 Å². The zero-order chi connectivity index (χ0) is 28.6. The van der Waals surface area contributed by atoms with Gasteiger partial charge in [-0.1, -0.05) is 26.0 Å². The molecular weight excluding hydrogens is 520 g/mol. The smallest absolute Gasteiger partial charge is 0.300 e. The summed E-state index contributed by atoms with van der Waals surface area (Å²) in [6, 6.07) is 14.7. The van der Waals surface area contributed by atoms with E-state index in [4.69, 9.17) is 14.6 Å². The Hall–Kier alpha value is -4.15. The topological polar surface area (TPSA) is 136 Å². The fourth-order valence-electron chi connectivity index (χ4n) is 4.72. The number of rotatable bonds is 7. The van der Waals surface area contributed by atoms with Crippen molar-refractivity contribution in [2.45, 2.75) is 37.6 Å². The minimum atomic E-state index is -3.97. The molecule has 1 atom stereocenters. The Morgan fingerprint density at radius 3 is 2.10 bits per heavy atom. The van der Waals surface area contributed by atoms with Crippen LogP contribution in [0.15, 0.2) is 71.1 Å². The summed E-state index contributed by atoms with van der Waals surface area (Å²) >= 11 is 0. The van der Waals surface area contributed by atoms with E-state index in [1.807, 2.05) is 13.8 Å². The summed E-state index contributed by atoms with van der Waals surface area (Å²) in [5, 5.41) is 16.9. The van der Waals surface area contributed by atoms with Crippen molar-refractivity contribution < 1.29 is 32.6 Å². The molecule has 0 saturated carbocycles. The number of Topliss-reactive ketones (excluding diaryl/α,β-unsaturated/α-hetero) is 1. The van der Waals surface area contributed by atoms with Crippen molar-refractivity contribution in [2.24, 2.45) is 5.14 Å². The summed E-state index contributed by atoms with van der Waals surface area (Å²) < 4.78 is 34.3. The quantitative estimate of drug-likeness (QED) is 0.253. The van der Waals surface area contributed by atoms with Gasteiger partial charge in [0.15, 0.2) is 0 Å². The fraction of sp³-hybridized carbons (Fsp3) is 0.241. The molecule has 3 aromatic carbocycles. The van der Waals surface area contributed by atoms with E-state index in [2.05, 4.69) is 0 Å². The Bertz CT molecular complexity index is 1580. The van der Waals surface area contributed by atoms with Gasteiger partial charge in [0.1, 0.15) is 17.3 Å². The number of nitrogens with zero attached hydrogens (tertiary/aromatic N) is 1. The van der Waals surface area contributed by atoms with Gasteiger partial charge in [-0.05, 0) is 78.1 Å². The van der Waals surface area contributed by atoms with Crippen LogP contribution in [0.25, 0.3) is 5.76 Å². The fourth-order valence-corrected chi connectivity index (χ4v) is 5.24. The highest BCUT2D eigenvalue weighted by Crippen LogP contribution is 2.44. The Labute approximate surface area is 227 Å². The number of methoxy groups -OCH3 is 2. The molecule has 0 aliphatic carbocycles. The Morgan fingerprint density at radius 1 is 0.974 bits per heavy atom. The molecular formula is C29H30N2O7S. The molecule has 0 bridgehead atoms. The summed E-state index contributed by atoms with van der Waals surface area (Å²) in [5.74, 6) is -0.771. The average Bonchev–Trinajstić information content (AvgIpc) is 3.17. The molecule has 1 unspecified atom stereocenters. The second-order valence-corrected chi connectivity index (χ2v) is 11.1. The van der Waals surface area contributed by atoms with E-state index < -0.39 is 27.8 Å². The summed E-state index contributed by atoms with van der Waals surface area (Å²) in [7, 11) is -0.880. The van der Waals surface area contributed by atoms with Gasteiger partial charge in [0, 0.05) is 11.3 Å². The molecule has 0 spiro atoms. The van der Waals surface area contributed by atoms with Crippen LogP contribution >= 0.6 is 0 Å². The third-order valence-corrected chi connectivity index (χ3v) is 7.70. The largest absolute Gasteiger partial charge is 0.507 e. The number of primary sulfonamides is 1. The van der Waals surface area contributed by atoms with Gasteiger partial charge in [-0.25, -0.2) is 13.6 Å². The first-order valence-electron chi connectivity index (χ1n) is 12.2. The average molecular weight is 551 g/mol. The summed E-state index contributed by atoms with van der Waals surface area (Å²) in [4.78, 5) is 28.1. The van der Waals surface area contributed by atoms with Gasteiger partial charge in [-0.15, -0.1) is 0 Å². The second kappa shape index (κ2) is 10.5. The van der Waals surface area contributed by atoms with Gasteiger partial charge in [0.25, 0.3) is 11.7 Å². The van der Waals surface area contributed by atoms with Crippen molar-refractivity contribution in [3.05, 3.63) is 88.5 Å². The zero-order valence-corrected chi connectivity index (χ0v) is 23.1. The number of carbonyl (C=O) groups excluding carboxylic acids is 2. The monoisotopic (exact) mass is 550 g/mol. The predicted octanol–water partition coefficient (Wildman–Crippen LogP) is 4.41. The number of aryl methyl sites for hydroxylation is 1. The lowest BCUT2D eigenvalue weighted by atomic mass is 9.91. The maximum atomic E-state index is 13.5. The van der Waals surface area contributed by atoms with E-state index in [-0.39, 0.29) is 27.8 Å². The number of hydrogen-bond donors (Lipinski definition) is 2. The number of aliphatic hydroxyl groups is 1. The van der Waals surface area contributed by atoms with Crippen molar-refractivity contribution in [3.63, 3.8) is 0 Å². The molecule has 1 fully saturated rings. The van der Waals surface area contributed by atoms with Crippen molar-refractivity contribution in [3.8, 4) is 11.5 Å². The Kier molecular flexibility index (Phi) is 7.54. The highest BCUT2D eigenvalue weighted by molar-refractivity contribution is 7.89. The first-order valence-corrected chi connectivity index (χ1v) is 13.7. The molecule has 3 aromatic rings. The van der Waals surface area contributed by atoms with Gasteiger partial charge in [-0.3, -0.25) is 14.5 Å². The second-order valence-electron chi connectivity index (χ2n) is 9.54. The molecule has 9 nitrogen and oxygen atoms in total. The molecule has 39 heavy (non-hydrogen) atoms. The molecule has 1 heterocycles. The highest BCUT2D eigenvalue weighted by Gasteiger charge is 2.47. The normalized spacial score (nSPS) is 17.1. The number of nitrogens with two attached hydrogens (primary N) is 1. The van der Waals surface area contributed by atoms with E-state index >= 15 is 0 Å². The summed E-state index contributed by atoms with van der Waals surface area (Å²) in [6.45, 7) is 5.75. The molecule has 10 heteroatoms. The van der Waals surface area contributed by atoms with Crippen molar-refractivity contribution in [1.82, 2.24) is 0 Å². The van der Waals surface area contributed by atoms with Crippen LogP contribution in [-0.2, 0) is 19.6 Å². The van der Waals surface area contributed by atoms with E-state index in [9.17, 15) is 23.1 Å². The third-order valence-electron chi connectivity index (χ3n) is 6.77. The van der Waals surface area contributed by atoms with Crippen LogP contribution in [0, 0.1) is 6.92 Å². The molecule has 3 N–H and O–H groups in total. The van der Waals surface area contributed by atoms with E-state index in [0.717, 1.165) is 5.56 Å². The standard InChI is InChI=1S/C29H30N2O7S/c1-16(2)22-15-23(17(3)14-24(22)38-5)27(32)25-26(18-6-10-20(37-4)11-7-18)31(29(34)28(25)33)19-8-12-21(13-9-19)39(30,35)36/h6-16,26,32H,1-5H3,(H2,30,35,36)/b27-25+.